The van der Waals surface area contributed by atoms with E-state index in [1.165, 1.54) is 16.9 Å². The molecule has 0 aliphatic carbocycles. The Morgan fingerprint density at radius 2 is 2.10 bits per heavy atom. The lowest BCUT2D eigenvalue weighted by Gasteiger charge is -2.09. The van der Waals surface area contributed by atoms with Gasteiger partial charge < -0.3 is 10.5 Å². The van der Waals surface area contributed by atoms with Crippen molar-refractivity contribution in [2.45, 2.75) is 19.5 Å². The van der Waals surface area contributed by atoms with E-state index in [4.69, 9.17) is 33.7 Å². The van der Waals surface area contributed by atoms with Crippen molar-refractivity contribution in [3.63, 3.8) is 0 Å². The van der Waals surface area contributed by atoms with E-state index in [-0.39, 0.29) is 11.6 Å². The van der Waals surface area contributed by atoms with Gasteiger partial charge in [-0.3, -0.25) is 4.79 Å². The van der Waals surface area contributed by atoms with Gasteiger partial charge in [-0.25, -0.2) is 4.68 Å². The van der Waals surface area contributed by atoms with E-state index in [1.54, 1.807) is 18.2 Å². The largest absolute Gasteiger partial charge is 0.490 e. The summed E-state index contributed by atoms with van der Waals surface area (Å²) in [6, 6.07) is 6.46. The maximum absolute atomic E-state index is 12.0. The molecule has 0 bridgehead atoms. The highest BCUT2D eigenvalue weighted by Crippen LogP contribution is 2.22. The molecule has 0 saturated heterocycles. The Hall–Kier alpha value is -1.56. The number of nitrogens with zero attached hydrogens (tertiary/aromatic N) is 2. The van der Waals surface area contributed by atoms with E-state index in [1.807, 2.05) is 6.92 Å². The summed E-state index contributed by atoms with van der Waals surface area (Å²) in [6.45, 7) is 2.46. The summed E-state index contributed by atoms with van der Waals surface area (Å²) in [7, 11) is 0. The number of nitrogens with two attached hydrogens (primary N) is 1. The van der Waals surface area contributed by atoms with Gasteiger partial charge in [0.1, 0.15) is 12.4 Å². The standard InChI is InChI=1S/C14H15Cl2N3O2/c1-9(17)8-21-11-5-14(20)19(18-6-11)7-10-2-3-12(15)13(16)4-10/h2-6,9H,7-8,17H2,1H3. The highest BCUT2D eigenvalue weighted by atomic mass is 35.5. The van der Waals surface area contributed by atoms with Gasteiger partial charge in [-0.1, -0.05) is 29.3 Å². The van der Waals surface area contributed by atoms with E-state index >= 15 is 0 Å². The number of ether oxygens (including phenoxy) is 1. The monoisotopic (exact) mass is 327 g/mol. The predicted octanol–water partition coefficient (Wildman–Crippen LogP) is 2.32. The fourth-order valence-corrected chi connectivity index (χ4v) is 1.97. The van der Waals surface area contributed by atoms with Crippen LogP contribution in [0.15, 0.2) is 35.3 Å². The molecule has 1 unspecified atom stereocenters. The smallest absolute Gasteiger partial charge is 0.270 e. The topological polar surface area (TPSA) is 70.1 Å². The average Bonchev–Trinajstić information content (AvgIpc) is 2.43. The quantitative estimate of drug-likeness (QED) is 0.914. The van der Waals surface area contributed by atoms with Crippen LogP contribution in [0.4, 0.5) is 0 Å². The van der Waals surface area contributed by atoms with Crippen molar-refractivity contribution in [3.8, 4) is 5.75 Å². The molecule has 0 saturated carbocycles. The molecule has 2 N–H and O–H groups in total. The number of benzene rings is 1. The van der Waals surface area contributed by atoms with E-state index in [0.29, 0.717) is 28.9 Å². The maximum atomic E-state index is 12.0. The Balaban J connectivity index is 2.13. The van der Waals surface area contributed by atoms with E-state index < -0.39 is 0 Å². The second-order valence-electron chi connectivity index (χ2n) is 4.72. The van der Waals surface area contributed by atoms with Gasteiger partial charge >= 0.3 is 0 Å². The van der Waals surface area contributed by atoms with Crippen LogP contribution in [-0.4, -0.2) is 22.4 Å². The van der Waals surface area contributed by atoms with Crippen LogP contribution in [0.5, 0.6) is 5.75 Å². The number of halogens is 2. The summed E-state index contributed by atoms with van der Waals surface area (Å²) in [5.74, 6) is 0.405. The molecule has 0 fully saturated rings. The first-order valence-electron chi connectivity index (χ1n) is 6.35. The van der Waals surface area contributed by atoms with E-state index in [2.05, 4.69) is 5.10 Å². The second-order valence-corrected chi connectivity index (χ2v) is 5.54. The summed E-state index contributed by atoms with van der Waals surface area (Å²) in [6.07, 6.45) is 1.49. The molecular weight excluding hydrogens is 313 g/mol. The van der Waals surface area contributed by atoms with Crippen molar-refractivity contribution >= 4 is 23.2 Å². The molecule has 2 aromatic rings. The molecule has 1 aromatic carbocycles. The first kappa shape index (κ1) is 15.8. The molecule has 2 rings (SSSR count). The third kappa shape index (κ3) is 4.46. The average molecular weight is 328 g/mol. The van der Waals surface area contributed by atoms with Crippen molar-refractivity contribution in [3.05, 3.63) is 56.4 Å². The Kier molecular flexibility index (Phi) is 5.22. The van der Waals surface area contributed by atoms with Crippen LogP contribution in [-0.2, 0) is 6.54 Å². The second kappa shape index (κ2) is 6.93. The summed E-state index contributed by atoms with van der Waals surface area (Å²) in [5.41, 5.74) is 6.16. The summed E-state index contributed by atoms with van der Waals surface area (Å²) in [4.78, 5) is 12.0. The van der Waals surface area contributed by atoms with Crippen LogP contribution in [0.2, 0.25) is 10.0 Å². The summed E-state index contributed by atoms with van der Waals surface area (Å²) >= 11 is 11.8. The van der Waals surface area contributed by atoms with E-state index in [0.717, 1.165) is 5.56 Å². The Labute approximate surface area is 132 Å². The fourth-order valence-electron chi connectivity index (χ4n) is 1.65. The van der Waals surface area contributed by atoms with Crippen molar-refractivity contribution in [2.75, 3.05) is 6.61 Å². The van der Waals surface area contributed by atoms with Crippen LogP contribution < -0.4 is 16.0 Å². The maximum Gasteiger partial charge on any atom is 0.270 e. The number of aromatic nitrogens is 2. The molecule has 21 heavy (non-hydrogen) atoms. The van der Waals surface area contributed by atoms with Crippen LogP contribution in [0.3, 0.4) is 0 Å². The normalized spacial score (nSPS) is 12.2. The zero-order valence-electron chi connectivity index (χ0n) is 11.4. The van der Waals surface area contributed by atoms with Crippen LogP contribution in [0, 0.1) is 0 Å². The Morgan fingerprint density at radius 1 is 1.33 bits per heavy atom. The number of hydrogen-bond donors (Lipinski definition) is 1. The molecule has 1 aromatic heterocycles. The summed E-state index contributed by atoms with van der Waals surface area (Å²) in [5, 5.41) is 4.98. The third-order valence-electron chi connectivity index (χ3n) is 2.67. The highest BCUT2D eigenvalue weighted by molar-refractivity contribution is 6.42. The van der Waals surface area contributed by atoms with Crippen molar-refractivity contribution in [1.82, 2.24) is 9.78 Å². The highest BCUT2D eigenvalue weighted by Gasteiger charge is 2.05. The lowest BCUT2D eigenvalue weighted by molar-refractivity contribution is 0.293. The van der Waals surface area contributed by atoms with Gasteiger partial charge in [0.2, 0.25) is 0 Å². The van der Waals surface area contributed by atoms with Gasteiger partial charge in [-0.05, 0) is 24.6 Å². The lowest BCUT2D eigenvalue weighted by Crippen LogP contribution is -2.26. The molecule has 0 aliphatic rings. The lowest BCUT2D eigenvalue weighted by atomic mass is 10.2. The molecule has 0 radical (unpaired) electrons. The molecular formula is C14H15Cl2N3O2. The molecule has 1 heterocycles. The zero-order chi connectivity index (χ0) is 15.4. The van der Waals surface area contributed by atoms with Crippen molar-refractivity contribution < 1.29 is 4.74 Å². The van der Waals surface area contributed by atoms with Gasteiger partial charge in [0, 0.05) is 12.1 Å². The zero-order valence-corrected chi connectivity index (χ0v) is 12.9. The minimum Gasteiger partial charge on any atom is -0.490 e. The SMILES string of the molecule is CC(N)COc1cnn(Cc2ccc(Cl)c(Cl)c2)c(=O)c1. The fraction of sp³-hybridized carbons (Fsp3) is 0.286. The minimum atomic E-state index is -0.261. The van der Waals surface area contributed by atoms with Gasteiger partial charge in [-0.15, -0.1) is 0 Å². The van der Waals surface area contributed by atoms with Gasteiger partial charge in [-0.2, -0.15) is 5.10 Å². The molecule has 112 valence electrons. The van der Waals surface area contributed by atoms with Crippen LogP contribution >= 0.6 is 23.2 Å². The summed E-state index contributed by atoms with van der Waals surface area (Å²) < 4.78 is 6.67. The van der Waals surface area contributed by atoms with E-state index in [9.17, 15) is 4.79 Å². The molecule has 1 atom stereocenters. The molecule has 5 nitrogen and oxygen atoms in total. The number of hydrogen-bond acceptors (Lipinski definition) is 4. The minimum absolute atomic E-state index is 0.108. The van der Waals surface area contributed by atoms with Gasteiger partial charge in [0.15, 0.2) is 0 Å². The Bertz CT molecular complexity index is 686. The van der Waals surface area contributed by atoms with Gasteiger partial charge in [0.25, 0.3) is 5.56 Å². The van der Waals surface area contributed by atoms with Crippen molar-refractivity contribution in [2.24, 2.45) is 5.73 Å². The predicted molar refractivity (Wildman–Crippen MR) is 83.2 cm³/mol. The van der Waals surface area contributed by atoms with Crippen LogP contribution in [0.1, 0.15) is 12.5 Å². The van der Waals surface area contributed by atoms with Gasteiger partial charge in [0.05, 0.1) is 22.8 Å². The number of rotatable bonds is 5. The Morgan fingerprint density at radius 3 is 2.71 bits per heavy atom. The molecule has 0 spiro atoms. The first-order valence-corrected chi connectivity index (χ1v) is 7.11. The molecule has 0 amide bonds. The first-order chi connectivity index (χ1) is 9.95. The molecule has 0 aliphatic heterocycles. The third-order valence-corrected chi connectivity index (χ3v) is 3.41. The van der Waals surface area contributed by atoms with Crippen molar-refractivity contribution in [1.29, 1.82) is 0 Å². The molecule has 7 heteroatoms. The van der Waals surface area contributed by atoms with Crippen LogP contribution in [0.25, 0.3) is 0 Å².